The first-order chi connectivity index (χ1) is 24.1. The van der Waals surface area contributed by atoms with Gasteiger partial charge in [-0.15, -0.1) is 26.2 Å². The van der Waals surface area contributed by atoms with Crippen LogP contribution in [-0.2, 0) is 4.74 Å². The molecule has 280 valence electrons. The molecule has 3 atom stereocenters. The lowest BCUT2D eigenvalue weighted by atomic mass is 9.85. The lowest BCUT2D eigenvalue weighted by molar-refractivity contribution is 0.171. The molecule has 6 nitrogen and oxygen atoms in total. The van der Waals surface area contributed by atoms with Gasteiger partial charge in [-0.25, -0.2) is 4.99 Å². The number of nitrogens with zero attached hydrogens (tertiary/aromatic N) is 4. The Kier molecular flexibility index (Phi) is 22.4. The summed E-state index contributed by atoms with van der Waals surface area (Å²) >= 11 is 0. The molecule has 1 saturated heterocycles. The molecule has 2 fully saturated rings. The first-order valence-corrected chi connectivity index (χ1v) is 19.4. The molecule has 2 heterocycles. The fourth-order valence-corrected chi connectivity index (χ4v) is 6.13. The van der Waals surface area contributed by atoms with Crippen molar-refractivity contribution in [3.05, 3.63) is 72.4 Å². The van der Waals surface area contributed by atoms with Crippen molar-refractivity contribution in [2.24, 2.45) is 21.3 Å². The third-order valence-electron chi connectivity index (χ3n) is 8.76. The molecule has 0 radical (unpaired) electrons. The molecule has 0 aromatic carbocycles. The van der Waals surface area contributed by atoms with E-state index in [1.165, 1.54) is 55.2 Å². The van der Waals surface area contributed by atoms with E-state index in [1.807, 2.05) is 13.8 Å². The molecule has 5 aliphatic rings. The molecule has 0 bridgehead atoms. The van der Waals surface area contributed by atoms with Gasteiger partial charge in [0.2, 0.25) is 0 Å². The average Bonchev–Trinajstić information content (AvgIpc) is 3.67. The Morgan fingerprint density at radius 2 is 1.70 bits per heavy atom. The number of rotatable bonds is 10. The fourth-order valence-electron chi connectivity index (χ4n) is 6.13. The number of hydrogen-bond donors (Lipinski definition) is 1. The second-order valence-electron chi connectivity index (χ2n) is 14.3. The van der Waals surface area contributed by atoms with Crippen LogP contribution in [0.3, 0.4) is 0 Å². The normalized spacial score (nSPS) is 22.2. The number of fused-ring (bicyclic) bond motifs is 1. The smallest absolute Gasteiger partial charge is 0.314 e. The third kappa shape index (κ3) is 15.8. The molecule has 2 aliphatic heterocycles. The van der Waals surface area contributed by atoms with Gasteiger partial charge in [-0.2, -0.15) is 4.99 Å². The van der Waals surface area contributed by atoms with E-state index >= 15 is 0 Å². The second-order valence-corrected chi connectivity index (χ2v) is 14.3. The van der Waals surface area contributed by atoms with Crippen LogP contribution >= 0.6 is 0 Å². The Balaban J connectivity index is 0.000000918. The first kappa shape index (κ1) is 44.9. The Labute approximate surface area is 308 Å². The quantitative estimate of drug-likeness (QED) is 0.184. The summed E-state index contributed by atoms with van der Waals surface area (Å²) in [6.45, 7) is 32.3. The van der Waals surface area contributed by atoms with Crippen LogP contribution in [0, 0.1) is 23.7 Å². The predicted molar refractivity (Wildman–Crippen MR) is 221 cm³/mol. The maximum Gasteiger partial charge on any atom is 0.314 e. The molecular weight excluding hydrogens is 615 g/mol. The highest BCUT2D eigenvalue weighted by molar-refractivity contribution is 5.99. The van der Waals surface area contributed by atoms with Gasteiger partial charge in [0.05, 0.1) is 18.6 Å². The molecule has 0 aromatic rings. The number of nitrogens with one attached hydrogen (secondary N) is 1. The predicted octanol–water partition coefficient (Wildman–Crippen LogP) is 9.95. The number of hydrogen-bond acceptors (Lipinski definition) is 6. The molecule has 0 amide bonds. The zero-order valence-electron chi connectivity index (χ0n) is 33.6. The van der Waals surface area contributed by atoms with E-state index < -0.39 is 0 Å². The summed E-state index contributed by atoms with van der Waals surface area (Å²) in [5.41, 5.74) is 4.99. The van der Waals surface area contributed by atoms with Crippen LogP contribution in [0.5, 0.6) is 0 Å². The van der Waals surface area contributed by atoms with Crippen molar-refractivity contribution in [3.8, 4) is 12.3 Å². The van der Waals surface area contributed by atoms with Crippen LogP contribution in [-0.4, -0.2) is 80.1 Å². The number of terminal acetylenes is 1. The molecule has 5 rings (SSSR count). The lowest BCUT2D eigenvalue weighted by Gasteiger charge is -2.36. The van der Waals surface area contributed by atoms with E-state index in [4.69, 9.17) is 21.1 Å². The molecule has 6 heteroatoms. The second kappa shape index (κ2) is 24.9. The summed E-state index contributed by atoms with van der Waals surface area (Å²) in [7, 11) is 2.19. The van der Waals surface area contributed by atoms with Gasteiger partial charge < -0.3 is 19.9 Å². The van der Waals surface area contributed by atoms with Gasteiger partial charge in [0.1, 0.15) is 5.84 Å². The Bertz CT molecular complexity index is 1230. The van der Waals surface area contributed by atoms with E-state index in [9.17, 15) is 0 Å². The minimum absolute atomic E-state index is 0.000915. The maximum atomic E-state index is 6.41. The minimum Gasteiger partial charge on any atom is -0.463 e. The van der Waals surface area contributed by atoms with Gasteiger partial charge in [0.25, 0.3) is 0 Å². The van der Waals surface area contributed by atoms with Crippen LogP contribution < -0.4 is 5.32 Å². The van der Waals surface area contributed by atoms with Gasteiger partial charge >= 0.3 is 6.02 Å². The van der Waals surface area contributed by atoms with Crippen molar-refractivity contribution in [3.63, 3.8) is 0 Å². The van der Waals surface area contributed by atoms with E-state index in [-0.39, 0.29) is 17.4 Å². The fraction of sp³-hybridized carbons (Fsp3) is 0.636. The Hall–Kier alpha value is -3.14. The largest absolute Gasteiger partial charge is 0.463 e. The first-order valence-electron chi connectivity index (χ1n) is 19.4. The molecule has 50 heavy (non-hydrogen) atoms. The van der Waals surface area contributed by atoms with E-state index in [0.717, 1.165) is 63.4 Å². The maximum absolute atomic E-state index is 6.41. The van der Waals surface area contributed by atoms with Gasteiger partial charge in [-0.05, 0) is 97.0 Å². The van der Waals surface area contributed by atoms with E-state index in [2.05, 4.69) is 120 Å². The molecule has 1 saturated carbocycles. The van der Waals surface area contributed by atoms with Gasteiger partial charge in [-0.1, -0.05) is 89.3 Å². The Morgan fingerprint density at radius 3 is 2.24 bits per heavy atom. The standard InChI is InChI=1S/C32H45N5O.C4H8.2C3H8.C2H4/c1-5-25-11-8-9-12-26(25)19-24-14-15-28-29(20-24)34-31(38-23-32(16-17-32)22-36(4)6-2)35-30(28)37(7-3)21-27-13-10-18-33-27;1-4(2)3;2*1-3-2;1-2/h1,11-12,14-15,20,27-29,33H,6-10,13,16-19,21-23H2,2-4H3;1H2,2-3H3;2*3H2,1-2H3;1-2H2. The zero-order valence-corrected chi connectivity index (χ0v) is 33.6. The molecule has 0 aromatic heterocycles. The molecule has 0 spiro atoms. The van der Waals surface area contributed by atoms with Crippen LogP contribution in [0.25, 0.3) is 0 Å². The summed E-state index contributed by atoms with van der Waals surface area (Å²) in [4.78, 5) is 15.0. The zero-order chi connectivity index (χ0) is 37.5. The summed E-state index contributed by atoms with van der Waals surface area (Å²) in [6.07, 6.45) is 27.6. The summed E-state index contributed by atoms with van der Waals surface area (Å²) in [6, 6.07) is 1.07. The van der Waals surface area contributed by atoms with Gasteiger partial charge in [0, 0.05) is 36.7 Å². The van der Waals surface area contributed by atoms with Crippen molar-refractivity contribution >= 4 is 11.9 Å². The topological polar surface area (TPSA) is 52.5 Å². The summed E-state index contributed by atoms with van der Waals surface area (Å²) < 4.78 is 6.41. The monoisotopic (exact) mass is 688 g/mol. The van der Waals surface area contributed by atoms with Crippen LogP contribution in [0.2, 0.25) is 0 Å². The summed E-state index contributed by atoms with van der Waals surface area (Å²) in [5.74, 6) is 4.12. The highest BCUT2D eigenvalue weighted by atomic mass is 16.5. The number of ether oxygens (including phenoxy) is 1. The van der Waals surface area contributed by atoms with Crippen LogP contribution in [0.4, 0.5) is 0 Å². The van der Waals surface area contributed by atoms with Crippen molar-refractivity contribution in [2.45, 2.75) is 125 Å². The van der Waals surface area contributed by atoms with Gasteiger partial charge in [-0.3, -0.25) is 0 Å². The number of likely N-dealkylation sites (N-methyl/N-ethyl adjacent to an activating group) is 1. The van der Waals surface area contributed by atoms with Crippen LogP contribution in [0.1, 0.15) is 113 Å². The highest BCUT2D eigenvalue weighted by Crippen LogP contribution is 2.46. The summed E-state index contributed by atoms with van der Waals surface area (Å²) in [5, 5.41) is 3.66. The van der Waals surface area contributed by atoms with E-state index in [0.29, 0.717) is 18.7 Å². The molecule has 3 aliphatic carbocycles. The Morgan fingerprint density at radius 1 is 1.06 bits per heavy atom. The van der Waals surface area contributed by atoms with Gasteiger partial charge in [0.15, 0.2) is 0 Å². The SMILES string of the molecule is C#CC1=CCCC=C1CC1=CC2N=C(OCC3(CN(C)CC)CC3)N=C(N(CC)CC3CCCN3)C2C=C1.C=C.C=C(C)C.CCC.CCC. The van der Waals surface area contributed by atoms with Crippen molar-refractivity contribution in [2.75, 3.05) is 46.4 Å². The highest BCUT2D eigenvalue weighted by Gasteiger charge is 2.45. The molecular formula is C44H73N5O. The number of amidine groups is 2. The third-order valence-corrected chi connectivity index (χ3v) is 8.76. The molecule has 3 unspecified atom stereocenters. The van der Waals surface area contributed by atoms with Crippen molar-refractivity contribution in [1.29, 1.82) is 0 Å². The van der Waals surface area contributed by atoms with Crippen molar-refractivity contribution < 1.29 is 4.74 Å². The number of allylic oxidation sites excluding steroid dienone is 7. The van der Waals surface area contributed by atoms with Crippen molar-refractivity contribution in [1.82, 2.24) is 15.1 Å². The average molecular weight is 688 g/mol. The number of aliphatic imine (C=N–C) groups is 2. The van der Waals surface area contributed by atoms with E-state index in [1.54, 1.807) is 0 Å². The lowest BCUT2D eigenvalue weighted by Crippen LogP contribution is -2.47. The van der Waals surface area contributed by atoms with Crippen LogP contribution in [0.15, 0.2) is 82.4 Å². The molecule has 1 N–H and O–H groups in total. The minimum atomic E-state index is -0.000915.